The molecule has 1 saturated carbocycles. The van der Waals surface area contributed by atoms with Gasteiger partial charge in [-0.1, -0.05) is 26.7 Å². The van der Waals surface area contributed by atoms with E-state index in [1.807, 2.05) is 20.8 Å². The second kappa shape index (κ2) is 6.07. The van der Waals surface area contributed by atoms with E-state index in [-0.39, 0.29) is 18.5 Å². The number of rotatable bonds is 5. The molecular weight excluding hydrogens is 232 g/mol. The summed E-state index contributed by atoms with van der Waals surface area (Å²) in [5.74, 6) is -0.496. The van der Waals surface area contributed by atoms with E-state index in [1.54, 1.807) is 0 Å². The molecule has 1 aliphatic rings. The van der Waals surface area contributed by atoms with Crippen molar-refractivity contribution in [3.63, 3.8) is 0 Å². The summed E-state index contributed by atoms with van der Waals surface area (Å²) in [6.07, 6.45) is 3.47. The lowest BCUT2D eigenvalue weighted by Gasteiger charge is -2.30. The number of carboxylic acid groups (broad SMARTS) is 1. The number of carboxylic acids is 1. The summed E-state index contributed by atoms with van der Waals surface area (Å²) in [4.78, 5) is 22.8. The third-order valence-corrected chi connectivity index (χ3v) is 3.79. The molecule has 0 bridgehead atoms. The van der Waals surface area contributed by atoms with Gasteiger partial charge in [0.2, 0.25) is 0 Å². The summed E-state index contributed by atoms with van der Waals surface area (Å²) in [5, 5.41) is 14.7. The maximum atomic E-state index is 11.9. The molecule has 1 fully saturated rings. The van der Waals surface area contributed by atoms with Gasteiger partial charge < -0.3 is 15.7 Å². The van der Waals surface area contributed by atoms with E-state index in [1.165, 1.54) is 0 Å². The van der Waals surface area contributed by atoms with E-state index in [0.29, 0.717) is 5.92 Å². The quantitative estimate of drug-likeness (QED) is 0.705. The Labute approximate surface area is 108 Å². The van der Waals surface area contributed by atoms with Crippen LogP contribution in [0.5, 0.6) is 0 Å². The molecule has 0 spiro atoms. The smallest absolute Gasteiger partial charge is 0.315 e. The first-order valence-electron chi connectivity index (χ1n) is 6.65. The van der Waals surface area contributed by atoms with Crippen LogP contribution in [-0.2, 0) is 4.79 Å². The van der Waals surface area contributed by atoms with E-state index in [9.17, 15) is 9.59 Å². The lowest BCUT2D eigenvalue weighted by atomic mass is 9.93. The Kier molecular flexibility index (Phi) is 4.99. The second-order valence-electron chi connectivity index (χ2n) is 5.69. The summed E-state index contributed by atoms with van der Waals surface area (Å²) in [6, 6.07) is -0.173. The van der Waals surface area contributed by atoms with Crippen molar-refractivity contribution < 1.29 is 14.7 Å². The molecule has 1 unspecified atom stereocenters. The van der Waals surface area contributed by atoms with Gasteiger partial charge in [-0.25, -0.2) is 4.79 Å². The molecule has 0 radical (unpaired) electrons. The van der Waals surface area contributed by atoms with E-state index >= 15 is 0 Å². The molecule has 104 valence electrons. The van der Waals surface area contributed by atoms with Gasteiger partial charge in [0.05, 0.1) is 12.0 Å². The zero-order chi connectivity index (χ0) is 13.8. The summed E-state index contributed by atoms with van der Waals surface area (Å²) >= 11 is 0. The van der Waals surface area contributed by atoms with Crippen molar-refractivity contribution in [2.45, 2.75) is 64.5 Å². The summed E-state index contributed by atoms with van der Waals surface area (Å²) in [6.45, 7) is 6.02. The number of hydrogen-bond donors (Lipinski definition) is 3. The molecule has 1 atom stereocenters. The fourth-order valence-corrected chi connectivity index (χ4v) is 2.34. The maximum absolute atomic E-state index is 11.9. The minimum atomic E-state index is -0.853. The van der Waals surface area contributed by atoms with Crippen LogP contribution in [0.1, 0.15) is 52.9 Å². The molecule has 5 nitrogen and oxygen atoms in total. The number of carbonyl (C=O) groups excluding carboxylic acids is 1. The highest BCUT2D eigenvalue weighted by atomic mass is 16.4. The fraction of sp³-hybridized carbons (Fsp3) is 0.846. The van der Waals surface area contributed by atoms with Crippen LogP contribution in [0.25, 0.3) is 0 Å². The third kappa shape index (κ3) is 4.20. The second-order valence-corrected chi connectivity index (χ2v) is 5.69. The van der Waals surface area contributed by atoms with Crippen LogP contribution in [-0.4, -0.2) is 28.7 Å². The Hall–Kier alpha value is -1.26. The number of urea groups is 1. The largest absolute Gasteiger partial charge is 0.481 e. The molecule has 0 saturated heterocycles. The third-order valence-electron chi connectivity index (χ3n) is 3.79. The van der Waals surface area contributed by atoms with Crippen LogP contribution in [0.3, 0.4) is 0 Å². The minimum Gasteiger partial charge on any atom is -0.481 e. The molecule has 0 aliphatic heterocycles. The van der Waals surface area contributed by atoms with Gasteiger partial charge in [0.15, 0.2) is 0 Å². The van der Waals surface area contributed by atoms with Gasteiger partial charge in [0, 0.05) is 6.04 Å². The van der Waals surface area contributed by atoms with Crippen molar-refractivity contribution in [2.75, 3.05) is 0 Å². The zero-order valence-corrected chi connectivity index (χ0v) is 11.5. The summed E-state index contributed by atoms with van der Waals surface area (Å²) in [5.41, 5.74) is -0.549. The summed E-state index contributed by atoms with van der Waals surface area (Å²) < 4.78 is 0. The molecule has 18 heavy (non-hydrogen) atoms. The molecule has 0 aromatic rings. The SMILES string of the molecule is CC(C)C(C)NC(=O)NC1(CC(=O)O)CCCC1. The lowest BCUT2D eigenvalue weighted by Crippen LogP contribution is -2.53. The van der Waals surface area contributed by atoms with Crippen LogP contribution in [0.15, 0.2) is 0 Å². The summed E-state index contributed by atoms with van der Waals surface area (Å²) in [7, 11) is 0. The van der Waals surface area contributed by atoms with Crippen molar-refractivity contribution in [1.82, 2.24) is 10.6 Å². The average molecular weight is 256 g/mol. The number of nitrogens with one attached hydrogen (secondary N) is 2. The van der Waals surface area contributed by atoms with Crippen molar-refractivity contribution in [1.29, 1.82) is 0 Å². The molecule has 3 N–H and O–H groups in total. The monoisotopic (exact) mass is 256 g/mol. The van der Waals surface area contributed by atoms with Gasteiger partial charge in [0.1, 0.15) is 0 Å². The minimum absolute atomic E-state index is 0.0104. The van der Waals surface area contributed by atoms with Crippen LogP contribution < -0.4 is 10.6 Å². The Morgan fingerprint density at radius 2 is 1.78 bits per heavy atom. The van der Waals surface area contributed by atoms with Crippen LogP contribution in [0, 0.1) is 5.92 Å². The van der Waals surface area contributed by atoms with Gasteiger partial charge in [-0.3, -0.25) is 4.79 Å². The van der Waals surface area contributed by atoms with Crippen molar-refractivity contribution in [2.24, 2.45) is 5.92 Å². The Morgan fingerprint density at radius 3 is 2.22 bits per heavy atom. The molecule has 0 aromatic carbocycles. The van der Waals surface area contributed by atoms with Gasteiger partial charge in [-0.2, -0.15) is 0 Å². The average Bonchev–Trinajstić information content (AvgIpc) is 2.64. The maximum Gasteiger partial charge on any atom is 0.315 e. The van der Waals surface area contributed by atoms with Gasteiger partial charge in [-0.05, 0) is 25.7 Å². The van der Waals surface area contributed by atoms with E-state index in [2.05, 4.69) is 10.6 Å². The van der Waals surface area contributed by atoms with Crippen LogP contribution in [0.4, 0.5) is 4.79 Å². The zero-order valence-electron chi connectivity index (χ0n) is 11.5. The van der Waals surface area contributed by atoms with Crippen molar-refractivity contribution in [3.8, 4) is 0 Å². The van der Waals surface area contributed by atoms with Crippen LogP contribution >= 0.6 is 0 Å². The predicted molar refractivity (Wildman–Crippen MR) is 69.4 cm³/mol. The van der Waals surface area contributed by atoms with E-state index in [0.717, 1.165) is 25.7 Å². The normalized spacial score (nSPS) is 19.6. The number of hydrogen-bond acceptors (Lipinski definition) is 2. The molecule has 5 heteroatoms. The highest BCUT2D eigenvalue weighted by molar-refractivity contribution is 5.77. The fourth-order valence-electron chi connectivity index (χ4n) is 2.34. The Bertz CT molecular complexity index is 309. The molecule has 1 rings (SSSR count). The van der Waals surface area contributed by atoms with Crippen LogP contribution in [0.2, 0.25) is 0 Å². The Morgan fingerprint density at radius 1 is 1.22 bits per heavy atom. The molecule has 2 amide bonds. The van der Waals surface area contributed by atoms with Gasteiger partial charge >= 0.3 is 12.0 Å². The van der Waals surface area contributed by atoms with Gasteiger partial charge in [0.25, 0.3) is 0 Å². The molecular formula is C13H24N2O3. The molecule has 1 aliphatic carbocycles. The number of carbonyl (C=O) groups is 2. The standard InChI is InChI=1S/C13H24N2O3/c1-9(2)10(3)14-12(18)15-13(8-11(16)17)6-4-5-7-13/h9-10H,4-8H2,1-3H3,(H,16,17)(H2,14,15,18). The molecule has 0 heterocycles. The first-order valence-corrected chi connectivity index (χ1v) is 6.65. The first kappa shape index (κ1) is 14.8. The molecule has 0 aromatic heterocycles. The number of aliphatic carboxylic acids is 1. The Balaban J connectivity index is 2.56. The predicted octanol–water partition coefficient (Wildman–Crippen LogP) is 2.12. The first-order chi connectivity index (χ1) is 8.34. The van der Waals surface area contributed by atoms with E-state index < -0.39 is 11.5 Å². The van der Waals surface area contributed by atoms with Crippen molar-refractivity contribution in [3.05, 3.63) is 0 Å². The topological polar surface area (TPSA) is 78.4 Å². The highest BCUT2D eigenvalue weighted by Gasteiger charge is 2.37. The number of amides is 2. The van der Waals surface area contributed by atoms with Gasteiger partial charge in [-0.15, -0.1) is 0 Å². The lowest BCUT2D eigenvalue weighted by molar-refractivity contribution is -0.138. The van der Waals surface area contributed by atoms with Crippen molar-refractivity contribution >= 4 is 12.0 Å². The van der Waals surface area contributed by atoms with E-state index in [4.69, 9.17) is 5.11 Å². The highest BCUT2D eigenvalue weighted by Crippen LogP contribution is 2.32.